The summed E-state index contributed by atoms with van der Waals surface area (Å²) < 4.78 is 0. The minimum absolute atomic E-state index is 0.0493. The van der Waals surface area contributed by atoms with E-state index < -0.39 is 0 Å². The Balaban J connectivity index is 2.56. The Bertz CT molecular complexity index is 438. The van der Waals surface area contributed by atoms with Gasteiger partial charge in [0.05, 0.1) is 13.1 Å². The summed E-state index contributed by atoms with van der Waals surface area (Å²) in [6, 6.07) is 0. The highest BCUT2D eigenvalue weighted by atomic mass is 16.2. The molecule has 132 valence electrons. The zero-order chi connectivity index (χ0) is 17.5. The molecular weight excluding hydrogens is 290 g/mol. The third-order valence-electron chi connectivity index (χ3n) is 3.70. The third-order valence-corrected chi connectivity index (χ3v) is 3.70. The molecule has 1 N–H and O–H groups in total. The van der Waals surface area contributed by atoms with E-state index in [1.807, 2.05) is 32.7 Å². The molecule has 5 nitrogen and oxygen atoms in total. The molecule has 1 aliphatic rings. The summed E-state index contributed by atoms with van der Waals surface area (Å²) in [4.78, 5) is 28.3. The molecule has 1 rings (SSSR count). The number of rotatable bonds is 7. The summed E-state index contributed by atoms with van der Waals surface area (Å²) >= 11 is 0. The molecule has 1 aliphatic carbocycles. The van der Waals surface area contributed by atoms with Gasteiger partial charge in [-0.15, -0.1) is 0 Å². The molecule has 2 amide bonds. The first-order valence-electron chi connectivity index (χ1n) is 8.72. The molecule has 0 fully saturated rings. The van der Waals surface area contributed by atoms with Gasteiger partial charge in [0.2, 0.25) is 11.8 Å². The van der Waals surface area contributed by atoms with E-state index in [2.05, 4.69) is 18.3 Å². The minimum Gasteiger partial charge on any atom is -0.350 e. The standard InChI is InChI=1S/C18H33N3O2/c1-6-12-21(15-10-8-7-9-11-15)17(23)14-20(5)13-16(22)19-18(2,3)4/h10H,6-9,11-14H2,1-5H3,(H,19,22). The maximum atomic E-state index is 12.6. The first-order valence-corrected chi connectivity index (χ1v) is 8.72. The van der Waals surface area contributed by atoms with Crippen LogP contribution >= 0.6 is 0 Å². The molecule has 0 unspecified atom stereocenters. The van der Waals surface area contributed by atoms with E-state index in [0.717, 1.165) is 37.9 Å². The summed E-state index contributed by atoms with van der Waals surface area (Å²) in [6.07, 6.45) is 7.56. The predicted octanol–water partition coefficient (Wildman–Crippen LogP) is 2.53. The lowest BCUT2D eigenvalue weighted by Gasteiger charge is -2.29. The van der Waals surface area contributed by atoms with E-state index in [-0.39, 0.29) is 30.4 Å². The zero-order valence-electron chi connectivity index (χ0n) is 15.4. The first-order chi connectivity index (χ1) is 10.7. The van der Waals surface area contributed by atoms with Gasteiger partial charge in [-0.2, -0.15) is 0 Å². The number of carbonyl (C=O) groups is 2. The average Bonchev–Trinajstić information content (AvgIpc) is 2.43. The summed E-state index contributed by atoms with van der Waals surface area (Å²) in [5.74, 6) is 0.0396. The van der Waals surface area contributed by atoms with Gasteiger partial charge in [-0.05, 0) is 59.9 Å². The van der Waals surface area contributed by atoms with Crippen LogP contribution in [0.1, 0.15) is 59.8 Å². The monoisotopic (exact) mass is 323 g/mol. The fourth-order valence-electron chi connectivity index (χ4n) is 2.79. The first kappa shape index (κ1) is 19.7. The van der Waals surface area contributed by atoms with Crippen LogP contribution in [0, 0.1) is 0 Å². The number of amides is 2. The van der Waals surface area contributed by atoms with Crippen molar-refractivity contribution in [1.29, 1.82) is 0 Å². The van der Waals surface area contributed by atoms with Gasteiger partial charge in [-0.25, -0.2) is 0 Å². The van der Waals surface area contributed by atoms with Crippen molar-refractivity contribution in [3.63, 3.8) is 0 Å². The van der Waals surface area contributed by atoms with Gasteiger partial charge in [-0.1, -0.05) is 13.0 Å². The number of allylic oxidation sites excluding steroid dienone is 2. The van der Waals surface area contributed by atoms with Crippen LogP contribution in [-0.4, -0.2) is 53.8 Å². The Morgan fingerprint density at radius 2 is 1.91 bits per heavy atom. The second-order valence-electron chi connectivity index (χ2n) is 7.46. The lowest BCUT2D eigenvalue weighted by molar-refractivity contribution is -0.131. The normalized spacial score (nSPS) is 15.3. The molecule has 0 spiro atoms. The van der Waals surface area contributed by atoms with Crippen molar-refractivity contribution < 1.29 is 9.59 Å². The number of hydrogen-bond donors (Lipinski definition) is 1. The van der Waals surface area contributed by atoms with E-state index >= 15 is 0 Å². The number of nitrogens with one attached hydrogen (secondary N) is 1. The van der Waals surface area contributed by atoms with Crippen LogP contribution in [0.15, 0.2) is 11.8 Å². The van der Waals surface area contributed by atoms with Gasteiger partial charge in [0.1, 0.15) is 0 Å². The molecule has 0 aromatic heterocycles. The maximum absolute atomic E-state index is 12.6. The van der Waals surface area contributed by atoms with E-state index in [1.54, 1.807) is 4.90 Å². The summed E-state index contributed by atoms with van der Waals surface area (Å²) in [6.45, 7) is 9.21. The molecule has 0 aromatic carbocycles. The fraction of sp³-hybridized carbons (Fsp3) is 0.778. The summed E-state index contributed by atoms with van der Waals surface area (Å²) in [5, 5.41) is 2.92. The zero-order valence-corrected chi connectivity index (χ0v) is 15.4. The number of hydrogen-bond acceptors (Lipinski definition) is 3. The second kappa shape index (κ2) is 9.06. The van der Waals surface area contributed by atoms with Crippen molar-refractivity contribution in [2.24, 2.45) is 0 Å². The van der Waals surface area contributed by atoms with E-state index in [4.69, 9.17) is 0 Å². The molecule has 0 atom stereocenters. The van der Waals surface area contributed by atoms with Crippen LogP contribution in [0.2, 0.25) is 0 Å². The molecule has 5 heteroatoms. The molecule has 0 saturated heterocycles. The summed E-state index contributed by atoms with van der Waals surface area (Å²) in [7, 11) is 1.82. The van der Waals surface area contributed by atoms with Crippen LogP contribution < -0.4 is 5.32 Å². The molecular formula is C18H33N3O2. The van der Waals surface area contributed by atoms with Crippen molar-refractivity contribution in [3.8, 4) is 0 Å². The Kier molecular flexibility index (Phi) is 7.76. The average molecular weight is 323 g/mol. The highest BCUT2D eigenvalue weighted by Gasteiger charge is 2.21. The molecule has 0 aliphatic heterocycles. The van der Waals surface area contributed by atoms with Crippen molar-refractivity contribution in [2.45, 2.75) is 65.3 Å². The Hall–Kier alpha value is -1.36. The fourth-order valence-corrected chi connectivity index (χ4v) is 2.79. The van der Waals surface area contributed by atoms with Crippen LogP contribution in [0.5, 0.6) is 0 Å². The second-order valence-corrected chi connectivity index (χ2v) is 7.46. The van der Waals surface area contributed by atoms with Gasteiger partial charge in [0, 0.05) is 17.8 Å². The highest BCUT2D eigenvalue weighted by molar-refractivity contribution is 5.82. The highest BCUT2D eigenvalue weighted by Crippen LogP contribution is 2.21. The lowest BCUT2D eigenvalue weighted by atomic mass is 10.0. The lowest BCUT2D eigenvalue weighted by Crippen LogP contribution is -2.47. The van der Waals surface area contributed by atoms with Crippen LogP contribution in [0.3, 0.4) is 0 Å². The SMILES string of the molecule is CCCN(C(=O)CN(C)CC(=O)NC(C)(C)C)C1=CCCCC1. The van der Waals surface area contributed by atoms with Crippen LogP contribution in [-0.2, 0) is 9.59 Å². The molecule has 0 bridgehead atoms. The topological polar surface area (TPSA) is 52.7 Å². The van der Waals surface area contributed by atoms with Gasteiger partial charge in [-0.3, -0.25) is 14.5 Å². The van der Waals surface area contributed by atoms with Crippen LogP contribution in [0.25, 0.3) is 0 Å². The third kappa shape index (κ3) is 7.64. The van der Waals surface area contributed by atoms with Gasteiger partial charge >= 0.3 is 0 Å². The molecule has 0 heterocycles. The number of likely N-dealkylation sites (N-methyl/N-ethyl adjacent to an activating group) is 1. The Morgan fingerprint density at radius 1 is 1.22 bits per heavy atom. The van der Waals surface area contributed by atoms with Gasteiger partial charge in [0.25, 0.3) is 0 Å². The molecule has 0 radical (unpaired) electrons. The molecule has 0 saturated carbocycles. The van der Waals surface area contributed by atoms with Gasteiger partial charge in [0.15, 0.2) is 0 Å². The number of carbonyl (C=O) groups excluding carboxylic acids is 2. The van der Waals surface area contributed by atoms with Crippen molar-refractivity contribution in [2.75, 3.05) is 26.7 Å². The van der Waals surface area contributed by atoms with E-state index in [9.17, 15) is 9.59 Å². The minimum atomic E-state index is -0.247. The molecule has 23 heavy (non-hydrogen) atoms. The Morgan fingerprint density at radius 3 is 2.43 bits per heavy atom. The quantitative estimate of drug-likeness (QED) is 0.783. The summed E-state index contributed by atoms with van der Waals surface area (Å²) in [5.41, 5.74) is 0.916. The van der Waals surface area contributed by atoms with E-state index in [1.165, 1.54) is 6.42 Å². The van der Waals surface area contributed by atoms with Crippen LogP contribution in [0.4, 0.5) is 0 Å². The maximum Gasteiger partial charge on any atom is 0.240 e. The van der Waals surface area contributed by atoms with E-state index in [0.29, 0.717) is 0 Å². The van der Waals surface area contributed by atoms with Crippen molar-refractivity contribution >= 4 is 11.8 Å². The largest absolute Gasteiger partial charge is 0.350 e. The van der Waals surface area contributed by atoms with Crippen molar-refractivity contribution in [1.82, 2.24) is 15.1 Å². The smallest absolute Gasteiger partial charge is 0.240 e. The molecule has 0 aromatic rings. The van der Waals surface area contributed by atoms with Gasteiger partial charge < -0.3 is 10.2 Å². The predicted molar refractivity (Wildman–Crippen MR) is 93.9 cm³/mol. The number of nitrogens with zero attached hydrogens (tertiary/aromatic N) is 2. The Labute approximate surface area is 141 Å². The van der Waals surface area contributed by atoms with Crippen molar-refractivity contribution in [3.05, 3.63) is 11.8 Å².